The van der Waals surface area contributed by atoms with Gasteiger partial charge in [-0.2, -0.15) is 0 Å². The molecule has 1 amide bonds. The van der Waals surface area contributed by atoms with Crippen LogP contribution in [-0.4, -0.2) is 22.4 Å². The van der Waals surface area contributed by atoms with Gasteiger partial charge in [-0.1, -0.05) is 49.4 Å². The Morgan fingerprint density at radius 3 is 2.63 bits per heavy atom. The van der Waals surface area contributed by atoms with E-state index in [0.717, 1.165) is 6.42 Å². The van der Waals surface area contributed by atoms with Gasteiger partial charge in [0.15, 0.2) is 0 Å². The predicted molar refractivity (Wildman–Crippen MR) is 108 cm³/mol. The molecule has 0 aliphatic carbocycles. The van der Waals surface area contributed by atoms with Crippen LogP contribution in [0.25, 0.3) is 10.9 Å². The van der Waals surface area contributed by atoms with Gasteiger partial charge in [0.05, 0.1) is 10.9 Å². The van der Waals surface area contributed by atoms with E-state index in [4.69, 9.17) is 0 Å². The molecule has 0 spiro atoms. The molecule has 0 aliphatic rings. The van der Waals surface area contributed by atoms with E-state index in [1.165, 1.54) is 5.56 Å². The second-order valence-corrected chi connectivity index (χ2v) is 6.70. The van der Waals surface area contributed by atoms with E-state index in [1.54, 1.807) is 6.07 Å². The van der Waals surface area contributed by atoms with E-state index in [9.17, 15) is 9.59 Å². The zero-order valence-electron chi connectivity index (χ0n) is 15.6. The molecule has 5 heteroatoms. The Kier molecular flexibility index (Phi) is 6.36. The molecule has 1 atom stereocenters. The van der Waals surface area contributed by atoms with Gasteiger partial charge in [-0.25, -0.2) is 4.98 Å². The van der Waals surface area contributed by atoms with Crippen LogP contribution in [0.15, 0.2) is 59.4 Å². The van der Waals surface area contributed by atoms with Crippen molar-refractivity contribution < 1.29 is 4.79 Å². The fourth-order valence-corrected chi connectivity index (χ4v) is 3.22. The van der Waals surface area contributed by atoms with Gasteiger partial charge in [-0.3, -0.25) is 9.59 Å². The van der Waals surface area contributed by atoms with Crippen molar-refractivity contribution in [3.63, 3.8) is 0 Å². The molecule has 27 heavy (non-hydrogen) atoms. The maximum absolute atomic E-state index is 12.2. The van der Waals surface area contributed by atoms with Crippen LogP contribution in [0.1, 0.15) is 43.5 Å². The largest absolute Gasteiger partial charge is 0.355 e. The first-order valence-corrected chi connectivity index (χ1v) is 9.47. The van der Waals surface area contributed by atoms with E-state index in [0.29, 0.717) is 48.5 Å². The highest BCUT2D eigenvalue weighted by Crippen LogP contribution is 2.18. The number of carbonyl (C=O) groups is 1. The van der Waals surface area contributed by atoms with E-state index in [1.807, 2.05) is 36.4 Å². The van der Waals surface area contributed by atoms with Crippen LogP contribution in [0.2, 0.25) is 0 Å². The molecule has 0 saturated carbocycles. The van der Waals surface area contributed by atoms with Crippen molar-refractivity contribution in [1.29, 1.82) is 0 Å². The van der Waals surface area contributed by atoms with Crippen LogP contribution < -0.4 is 10.9 Å². The number of benzene rings is 2. The summed E-state index contributed by atoms with van der Waals surface area (Å²) in [5, 5.41) is 3.62. The molecule has 1 aromatic heterocycles. The summed E-state index contributed by atoms with van der Waals surface area (Å²) in [4.78, 5) is 31.5. The van der Waals surface area contributed by atoms with Gasteiger partial charge >= 0.3 is 0 Å². The van der Waals surface area contributed by atoms with Crippen molar-refractivity contribution in [3.05, 3.63) is 76.3 Å². The third-order valence-corrected chi connectivity index (χ3v) is 4.79. The fourth-order valence-electron chi connectivity index (χ4n) is 3.22. The van der Waals surface area contributed by atoms with Gasteiger partial charge in [0.2, 0.25) is 5.91 Å². The monoisotopic (exact) mass is 363 g/mol. The summed E-state index contributed by atoms with van der Waals surface area (Å²) in [6.45, 7) is 2.77. The fraction of sp³-hybridized carbons (Fsp3) is 0.318. The standard InChI is InChI=1S/C22H25N3O2/c1-2-16(17-9-4-3-5-10-17)15-23-21(26)14-8-13-20-24-19-12-7-6-11-18(19)22(27)25-20/h3-7,9-12,16H,2,8,13-15H2,1H3,(H,23,26)(H,24,25,27). The highest BCUT2D eigenvalue weighted by Gasteiger charge is 2.11. The van der Waals surface area contributed by atoms with Crippen molar-refractivity contribution in [2.75, 3.05) is 6.54 Å². The summed E-state index contributed by atoms with van der Waals surface area (Å²) in [5.41, 5.74) is 1.81. The minimum atomic E-state index is -0.131. The third-order valence-electron chi connectivity index (χ3n) is 4.79. The second-order valence-electron chi connectivity index (χ2n) is 6.70. The molecule has 1 unspecified atom stereocenters. The van der Waals surface area contributed by atoms with Crippen molar-refractivity contribution in [3.8, 4) is 0 Å². The molecule has 3 rings (SSSR count). The lowest BCUT2D eigenvalue weighted by atomic mass is 9.96. The Bertz CT molecular complexity index is 950. The lowest BCUT2D eigenvalue weighted by Gasteiger charge is -2.16. The van der Waals surface area contributed by atoms with Gasteiger partial charge in [0.1, 0.15) is 5.82 Å². The van der Waals surface area contributed by atoms with Crippen LogP contribution in [0.4, 0.5) is 0 Å². The number of hydrogen-bond donors (Lipinski definition) is 2. The Morgan fingerprint density at radius 1 is 1.11 bits per heavy atom. The summed E-state index contributed by atoms with van der Waals surface area (Å²) < 4.78 is 0. The van der Waals surface area contributed by atoms with Crippen LogP contribution >= 0.6 is 0 Å². The van der Waals surface area contributed by atoms with Crippen LogP contribution in [0, 0.1) is 0 Å². The van der Waals surface area contributed by atoms with Gasteiger partial charge in [0, 0.05) is 25.3 Å². The number of aromatic nitrogens is 2. The van der Waals surface area contributed by atoms with Gasteiger partial charge in [-0.15, -0.1) is 0 Å². The van der Waals surface area contributed by atoms with Crippen molar-refractivity contribution in [2.24, 2.45) is 0 Å². The van der Waals surface area contributed by atoms with E-state index >= 15 is 0 Å². The molecule has 140 valence electrons. The van der Waals surface area contributed by atoms with Crippen molar-refractivity contribution in [1.82, 2.24) is 15.3 Å². The third kappa shape index (κ3) is 5.03. The summed E-state index contributed by atoms with van der Waals surface area (Å²) in [5.74, 6) is 0.989. The number of aryl methyl sites for hydroxylation is 1. The Balaban J connectivity index is 1.49. The molecule has 0 radical (unpaired) electrons. The van der Waals surface area contributed by atoms with E-state index in [-0.39, 0.29) is 11.5 Å². The number of fused-ring (bicyclic) bond motifs is 1. The average molecular weight is 363 g/mol. The number of amides is 1. The number of para-hydroxylation sites is 1. The van der Waals surface area contributed by atoms with Gasteiger partial charge in [-0.05, 0) is 30.5 Å². The first kappa shape index (κ1) is 18.8. The highest BCUT2D eigenvalue weighted by atomic mass is 16.1. The van der Waals surface area contributed by atoms with E-state index < -0.39 is 0 Å². The smallest absolute Gasteiger partial charge is 0.258 e. The molecular weight excluding hydrogens is 338 g/mol. The van der Waals surface area contributed by atoms with Gasteiger partial charge in [0.25, 0.3) is 5.56 Å². The summed E-state index contributed by atoms with van der Waals surface area (Å²) in [7, 11) is 0. The van der Waals surface area contributed by atoms with Crippen molar-refractivity contribution >= 4 is 16.8 Å². The highest BCUT2D eigenvalue weighted by molar-refractivity contribution is 5.77. The molecule has 0 aliphatic heterocycles. The zero-order valence-corrected chi connectivity index (χ0v) is 15.6. The zero-order chi connectivity index (χ0) is 19.1. The summed E-state index contributed by atoms with van der Waals surface area (Å²) in [6.07, 6.45) is 2.62. The Morgan fingerprint density at radius 2 is 1.85 bits per heavy atom. The topological polar surface area (TPSA) is 74.8 Å². The molecule has 0 fully saturated rings. The molecule has 2 aromatic carbocycles. The molecule has 1 heterocycles. The molecule has 2 N–H and O–H groups in total. The lowest BCUT2D eigenvalue weighted by molar-refractivity contribution is -0.121. The summed E-state index contributed by atoms with van der Waals surface area (Å²) in [6, 6.07) is 17.5. The first-order chi connectivity index (χ1) is 13.2. The Hall–Kier alpha value is -2.95. The minimum Gasteiger partial charge on any atom is -0.355 e. The first-order valence-electron chi connectivity index (χ1n) is 9.47. The number of aromatic amines is 1. The van der Waals surface area contributed by atoms with Crippen LogP contribution in [-0.2, 0) is 11.2 Å². The normalized spacial score (nSPS) is 12.0. The Labute approximate surface area is 158 Å². The molecule has 0 bridgehead atoms. The predicted octanol–water partition coefficient (Wildman–Crippen LogP) is 3.56. The SMILES string of the molecule is CCC(CNC(=O)CCCc1nc2ccccc2c(=O)[nH]1)c1ccccc1. The number of hydrogen-bond acceptors (Lipinski definition) is 3. The minimum absolute atomic E-state index is 0.0347. The number of H-pyrrole nitrogens is 1. The number of nitrogens with zero attached hydrogens (tertiary/aromatic N) is 1. The molecule has 0 saturated heterocycles. The van der Waals surface area contributed by atoms with Gasteiger partial charge < -0.3 is 10.3 Å². The average Bonchev–Trinajstić information content (AvgIpc) is 2.69. The quantitative estimate of drug-likeness (QED) is 0.643. The number of nitrogens with one attached hydrogen (secondary N) is 2. The molecule has 5 nitrogen and oxygen atoms in total. The second kappa shape index (κ2) is 9.12. The van der Waals surface area contributed by atoms with Crippen LogP contribution in [0.5, 0.6) is 0 Å². The maximum Gasteiger partial charge on any atom is 0.258 e. The number of rotatable bonds is 8. The van der Waals surface area contributed by atoms with E-state index in [2.05, 4.69) is 34.3 Å². The lowest BCUT2D eigenvalue weighted by Crippen LogP contribution is -2.28. The van der Waals surface area contributed by atoms with Crippen molar-refractivity contribution in [2.45, 2.75) is 38.5 Å². The molecular formula is C22H25N3O2. The molecule has 3 aromatic rings. The summed E-state index contributed by atoms with van der Waals surface area (Å²) >= 11 is 0. The number of carbonyl (C=O) groups excluding carboxylic acids is 1. The maximum atomic E-state index is 12.2. The van der Waals surface area contributed by atoms with Crippen LogP contribution in [0.3, 0.4) is 0 Å².